The molecule has 0 fully saturated rings. The Balaban J connectivity index is 1.85. The summed E-state index contributed by atoms with van der Waals surface area (Å²) in [4.78, 5) is 26.9. The van der Waals surface area contributed by atoms with Crippen LogP contribution in [0.15, 0.2) is 42.5 Å². The van der Waals surface area contributed by atoms with Gasteiger partial charge in [0.15, 0.2) is 0 Å². The van der Waals surface area contributed by atoms with Crippen molar-refractivity contribution in [3.05, 3.63) is 64.2 Å². The minimum absolute atomic E-state index is 0.140. The van der Waals surface area contributed by atoms with Crippen LogP contribution in [-0.2, 0) is 11.3 Å². The van der Waals surface area contributed by atoms with Crippen molar-refractivity contribution >= 4 is 29.1 Å². The second kappa shape index (κ2) is 7.03. The van der Waals surface area contributed by atoms with Crippen molar-refractivity contribution in [2.45, 2.75) is 6.54 Å². The van der Waals surface area contributed by atoms with Crippen LogP contribution in [0.2, 0.25) is 5.02 Å². The van der Waals surface area contributed by atoms with Gasteiger partial charge in [-0.05, 0) is 29.8 Å². The molecule has 6 heteroatoms. The number of amides is 2. The first-order valence-corrected chi connectivity index (χ1v) is 7.95. The van der Waals surface area contributed by atoms with Crippen molar-refractivity contribution in [1.29, 1.82) is 0 Å². The Labute approximate surface area is 145 Å². The fourth-order valence-electron chi connectivity index (χ4n) is 2.76. The summed E-state index contributed by atoms with van der Waals surface area (Å²) in [6.45, 7) is 1.46. The van der Waals surface area contributed by atoms with E-state index in [1.54, 1.807) is 48.4 Å². The average molecular weight is 345 g/mol. The predicted octanol–water partition coefficient (Wildman–Crippen LogP) is 3.19. The molecule has 1 aliphatic rings. The molecule has 0 saturated carbocycles. The maximum Gasteiger partial charge on any atom is 0.256 e. The quantitative estimate of drug-likeness (QED) is 0.906. The lowest BCUT2D eigenvalue weighted by Gasteiger charge is -2.14. The van der Waals surface area contributed by atoms with Crippen molar-refractivity contribution in [3.8, 4) is 0 Å². The summed E-state index contributed by atoms with van der Waals surface area (Å²) >= 11 is 5.93. The molecular weight excluding hydrogens is 328 g/mol. The normalized spacial score (nSPS) is 13.1. The highest BCUT2D eigenvalue weighted by molar-refractivity contribution is 6.31. The fraction of sp³-hybridized carbons (Fsp3) is 0.222. The summed E-state index contributed by atoms with van der Waals surface area (Å²) in [7, 11) is 1.59. The summed E-state index contributed by atoms with van der Waals surface area (Å²) in [6, 6.07) is 12.2. The third-order valence-corrected chi connectivity index (χ3v) is 4.14. The van der Waals surface area contributed by atoms with E-state index in [-0.39, 0.29) is 11.8 Å². The van der Waals surface area contributed by atoms with Gasteiger partial charge in [0, 0.05) is 30.9 Å². The van der Waals surface area contributed by atoms with Crippen molar-refractivity contribution in [1.82, 2.24) is 4.90 Å². The van der Waals surface area contributed by atoms with Crippen LogP contribution < -0.4 is 5.32 Å². The highest BCUT2D eigenvalue weighted by atomic mass is 35.5. The average Bonchev–Trinajstić information content (AvgIpc) is 2.89. The number of benzene rings is 2. The number of methoxy groups -OCH3 is 1. The SMILES string of the molecule is COCCN1Cc2cccc(C(=O)Nc3cccc(Cl)c3)c2C1=O. The molecule has 0 aliphatic carbocycles. The number of nitrogens with zero attached hydrogens (tertiary/aromatic N) is 1. The van der Waals surface area contributed by atoms with Gasteiger partial charge in [-0.25, -0.2) is 0 Å². The first kappa shape index (κ1) is 16.5. The molecule has 1 heterocycles. The number of carbonyl (C=O) groups excluding carboxylic acids is 2. The number of anilines is 1. The van der Waals surface area contributed by atoms with Gasteiger partial charge in [0.25, 0.3) is 11.8 Å². The zero-order chi connectivity index (χ0) is 17.1. The minimum Gasteiger partial charge on any atom is -0.383 e. The third kappa shape index (κ3) is 3.27. The number of hydrogen-bond donors (Lipinski definition) is 1. The molecule has 2 aromatic carbocycles. The van der Waals surface area contributed by atoms with E-state index in [2.05, 4.69) is 5.32 Å². The molecule has 3 rings (SSSR count). The Morgan fingerprint density at radius 1 is 1.29 bits per heavy atom. The molecule has 1 N–H and O–H groups in total. The predicted molar refractivity (Wildman–Crippen MR) is 92.5 cm³/mol. The van der Waals surface area contributed by atoms with E-state index < -0.39 is 0 Å². The van der Waals surface area contributed by atoms with Gasteiger partial charge in [-0.3, -0.25) is 9.59 Å². The largest absolute Gasteiger partial charge is 0.383 e. The lowest BCUT2D eigenvalue weighted by Crippen LogP contribution is -2.28. The Morgan fingerprint density at radius 3 is 2.83 bits per heavy atom. The van der Waals surface area contributed by atoms with Crippen LogP contribution >= 0.6 is 11.6 Å². The number of rotatable bonds is 5. The standard InChI is InChI=1S/C18H17ClN2O3/c1-24-9-8-21-11-12-4-2-7-15(16(12)18(21)23)17(22)20-14-6-3-5-13(19)10-14/h2-7,10H,8-9,11H2,1H3,(H,20,22). The number of fused-ring (bicyclic) bond motifs is 1. The first-order valence-electron chi connectivity index (χ1n) is 7.57. The van der Waals surface area contributed by atoms with Gasteiger partial charge in [0.1, 0.15) is 0 Å². The fourth-order valence-corrected chi connectivity index (χ4v) is 2.95. The number of carbonyl (C=O) groups is 2. The van der Waals surface area contributed by atoms with E-state index in [0.29, 0.717) is 41.5 Å². The van der Waals surface area contributed by atoms with Gasteiger partial charge >= 0.3 is 0 Å². The molecule has 5 nitrogen and oxygen atoms in total. The summed E-state index contributed by atoms with van der Waals surface area (Å²) in [5.41, 5.74) is 2.28. The molecule has 24 heavy (non-hydrogen) atoms. The highest BCUT2D eigenvalue weighted by Crippen LogP contribution is 2.27. The van der Waals surface area contributed by atoms with Gasteiger partial charge < -0.3 is 15.0 Å². The number of nitrogens with one attached hydrogen (secondary N) is 1. The maximum atomic E-state index is 12.6. The number of hydrogen-bond acceptors (Lipinski definition) is 3. The smallest absolute Gasteiger partial charge is 0.256 e. The topological polar surface area (TPSA) is 58.6 Å². The molecule has 0 aromatic heterocycles. The first-order chi connectivity index (χ1) is 11.6. The molecule has 0 radical (unpaired) electrons. The van der Waals surface area contributed by atoms with Crippen LogP contribution in [0.1, 0.15) is 26.3 Å². The van der Waals surface area contributed by atoms with Crippen molar-refractivity contribution in [2.75, 3.05) is 25.6 Å². The van der Waals surface area contributed by atoms with Crippen LogP contribution in [0, 0.1) is 0 Å². The number of ether oxygens (including phenoxy) is 1. The Hall–Kier alpha value is -2.37. The minimum atomic E-state index is -0.323. The molecular formula is C18H17ClN2O3. The zero-order valence-electron chi connectivity index (χ0n) is 13.2. The van der Waals surface area contributed by atoms with Gasteiger partial charge in [0.2, 0.25) is 0 Å². The van der Waals surface area contributed by atoms with Crippen LogP contribution in [0.4, 0.5) is 5.69 Å². The van der Waals surface area contributed by atoms with E-state index in [9.17, 15) is 9.59 Å². The van der Waals surface area contributed by atoms with Crippen LogP contribution in [0.5, 0.6) is 0 Å². The molecule has 2 aromatic rings. The maximum absolute atomic E-state index is 12.6. The van der Waals surface area contributed by atoms with Crippen LogP contribution in [-0.4, -0.2) is 37.0 Å². The lowest BCUT2D eigenvalue weighted by atomic mass is 10.0. The number of halogens is 1. The van der Waals surface area contributed by atoms with Crippen LogP contribution in [0.3, 0.4) is 0 Å². The van der Waals surface area contributed by atoms with Crippen molar-refractivity contribution in [3.63, 3.8) is 0 Å². The molecule has 124 valence electrons. The van der Waals surface area contributed by atoms with Crippen molar-refractivity contribution < 1.29 is 14.3 Å². The summed E-state index contributed by atoms with van der Waals surface area (Å²) < 4.78 is 5.03. The highest BCUT2D eigenvalue weighted by Gasteiger charge is 2.31. The Kier molecular flexibility index (Phi) is 4.83. The zero-order valence-corrected chi connectivity index (χ0v) is 14.0. The second-order valence-corrected chi connectivity index (χ2v) is 5.96. The second-order valence-electron chi connectivity index (χ2n) is 5.52. The Bertz CT molecular complexity index is 792. The molecule has 2 amide bonds. The summed E-state index contributed by atoms with van der Waals surface area (Å²) in [6.07, 6.45) is 0. The lowest BCUT2D eigenvalue weighted by molar-refractivity contribution is 0.0716. The van der Waals surface area contributed by atoms with E-state index >= 15 is 0 Å². The Morgan fingerprint density at radius 2 is 2.08 bits per heavy atom. The summed E-state index contributed by atoms with van der Waals surface area (Å²) in [5, 5.41) is 3.32. The summed E-state index contributed by atoms with van der Waals surface area (Å²) in [5.74, 6) is -0.463. The monoisotopic (exact) mass is 344 g/mol. The van der Waals surface area contributed by atoms with E-state index in [1.807, 2.05) is 6.07 Å². The molecule has 0 atom stereocenters. The van der Waals surface area contributed by atoms with Crippen LogP contribution in [0.25, 0.3) is 0 Å². The van der Waals surface area contributed by atoms with Gasteiger partial charge in [-0.1, -0.05) is 29.8 Å². The van der Waals surface area contributed by atoms with Gasteiger partial charge in [-0.2, -0.15) is 0 Å². The molecule has 0 spiro atoms. The van der Waals surface area contributed by atoms with E-state index in [1.165, 1.54) is 0 Å². The van der Waals surface area contributed by atoms with Crippen molar-refractivity contribution in [2.24, 2.45) is 0 Å². The molecule has 0 unspecified atom stereocenters. The third-order valence-electron chi connectivity index (χ3n) is 3.91. The molecule has 0 saturated heterocycles. The van der Waals surface area contributed by atoms with Gasteiger partial charge in [0.05, 0.1) is 17.7 Å². The van der Waals surface area contributed by atoms with E-state index in [0.717, 1.165) is 5.56 Å². The molecule has 1 aliphatic heterocycles. The van der Waals surface area contributed by atoms with E-state index in [4.69, 9.17) is 16.3 Å². The molecule has 0 bridgehead atoms. The van der Waals surface area contributed by atoms with Gasteiger partial charge in [-0.15, -0.1) is 0 Å².